The normalized spacial score (nSPS) is 39.3. The summed E-state index contributed by atoms with van der Waals surface area (Å²) in [7, 11) is 0. The first-order valence-corrected chi connectivity index (χ1v) is 6.51. The Labute approximate surface area is 93.1 Å². The first-order chi connectivity index (χ1) is 7.10. The van der Waals surface area contributed by atoms with Crippen molar-refractivity contribution < 1.29 is 0 Å². The number of allylic oxidation sites excluding steroid dienone is 2. The first-order valence-electron chi connectivity index (χ1n) is 6.51. The minimum absolute atomic E-state index is 0.572. The van der Waals surface area contributed by atoms with Gasteiger partial charge in [-0.1, -0.05) is 25.5 Å². The number of fused-ring (bicyclic) bond motifs is 1. The maximum atomic E-state index is 5.76. The molecule has 0 spiro atoms. The summed E-state index contributed by atoms with van der Waals surface area (Å²) in [5.41, 5.74) is 8.73. The van der Waals surface area contributed by atoms with Crippen LogP contribution >= 0.6 is 0 Å². The average molecular weight is 205 g/mol. The summed E-state index contributed by atoms with van der Waals surface area (Å²) in [5, 5.41) is 0. The molecule has 1 nitrogen and oxygen atoms in total. The molecule has 4 rings (SSSR count). The lowest BCUT2D eigenvalue weighted by atomic mass is 9.47. The molecule has 2 bridgehead atoms. The monoisotopic (exact) mass is 205 g/mol. The molecule has 0 aliphatic heterocycles. The van der Waals surface area contributed by atoms with Gasteiger partial charge in [-0.15, -0.1) is 0 Å². The van der Waals surface area contributed by atoms with E-state index < -0.39 is 0 Å². The summed E-state index contributed by atoms with van der Waals surface area (Å²) in [6.07, 6.45) is 9.43. The lowest BCUT2D eigenvalue weighted by molar-refractivity contribution is -0.0149. The van der Waals surface area contributed by atoms with Gasteiger partial charge in [0.25, 0.3) is 0 Å². The summed E-state index contributed by atoms with van der Waals surface area (Å²) in [6.45, 7) is 5.81. The van der Waals surface area contributed by atoms with Crippen molar-refractivity contribution in [2.45, 2.75) is 46.0 Å². The van der Waals surface area contributed by atoms with E-state index in [-0.39, 0.29) is 0 Å². The van der Waals surface area contributed by atoms with Crippen molar-refractivity contribution >= 4 is 0 Å². The highest BCUT2D eigenvalue weighted by Gasteiger charge is 2.58. The van der Waals surface area contributed by atoms with Crippen molar-refractivity contribution in [2.75, 3.05) is 6.54 Å². The molecule has 0 aromatic carbocycles. The van der Waals surface area contributed by atoms with Crippen molar-refractivity contribution in [3.05, 3.63) is 11.6 Å². The average Bonchev–Trinajstić information content (AvgIpc) is 2.99. The van der Waals surface area contributed by atoms with Crippen LogP contribution in [0, 0.1) is 22.7 Å². The molecule has 2 atom stereocenters. The highest BCUT2D eigenvalue weighted by Crippen LogP contribution is 2.68. The van der Waals surface area contributed by atoms with Crippen LogP contribution in [0.25, 0.3) is 0 Å². The van der Waals surface area contributed by atoms with E-state index in [0.717, 1.165) is 18.4 Å². The zero-order chi connectivity index (χ0) is 10.7. The molecule has 0 radical (unpaired) electrons. The van der Waals surface area contributed by atoms with E-state index >= 15 is 0 Å². The van der Waals surface area contributed by atoms with Crippen LogP contribution in [0.2, 0.25) is 0 Å². The molecular formula is C14H23N. The molecule has 0 amide bonds. The first kappa shape index (κ1) is 9.89. The van der Waals surface area contributed by atoms with Gasteiger partial charge in [-0.2, -0.15) is 0 Å². The van der Waals surface area contributed by atoms with Gasteiger partial charge in [0.2, 0.25) is 0 Å². The van der Waals surface area contributed by atoms with Gasteiger partial charge in [-0.25, -0.2) is 0 Å². The minimum atomic E-state index is 0.572. The Morgan fingerprint density at radius 1 is 1.40 bits per heavy atom. The summed E-state index contributed by atoms with van der Waals surface area (Å²) < 4.78 is 0. The number of hydrogen-bond acceptors (Lipinski definition) is 1. The maximum absolute atomic E-state index is 5.76. The molecule has 4 aliphatic rings. The van der Waals surface area contributed by atoms with Gasteiger partial charge < -0.3 is 5.73 Å². The fourth-order valence-corrected chi connectivity index (χ4v) is 4.05. The van der Waals surface area contributed by atoms with Gasteiger partial charge in [0.1, 0.15) is 0 Å². The van der Waals surface area contributed by atoms with Crippen molar-refractivity contribution in [3.63, 3.8) is 0 Å². The summed E-state index contributed by atoms with van der Waals surface area (Å²) in [5.74, 6) is 1.87. The van der Waals surface area contributed by atoms with E-state index in [1.54, 1.807) is 5.57 Å². The molecular weight excluding hydrogens is 182 g/mol. The van der Waals surface area contributed by atoms with Crippen LogP contribution < -0.4 is 5.73 Å². The van der Waals surface area contributed by atoms with Crippen molar-refractivity contribution in [1.29, 1.82) is 0 Å². The third kappa shape index (κ3) is 1.19. The molecule has 84 valence electrons. The quantitative estimate of drug-likeness (QED) is 0.704. The Morgan fingerprint density at radius 3 is 2.60 bits per heavy atom. The van der Waals surface area contributed by atoms with Crippen LogP contribution in [0.4, 0.5) is 0 Å². The van der Waals surface area contributed by atoms with Gasteiger partial charge in [-0.3, -0.25) is 0 Å². The Kier molecular flexibility index (Phi) is 1.90. The zero-order valence-corrected chi connectivity index (χ0v) is 10.1. The molecule has 2 N–H and O–H groups in total. The minimum Gasteiger partial charge on any atom is -0.330 e. The van der Waals surface area contributed by atoms with Crippen LogP contribution in [-0.2, 0) is 0 Å². The predicted molar refractivity (Wildman–Crippen MR) is 63.4 cm³/mol. The van der Waals surface area contributed by atoms with Crippen LogP contribution in [0.5, 0.6) is 0 Å². The van der Waals surface area contributed by atoms with E-state index in [1.165, 1.54) is 32.1 Å². The lowest BCUT2D eigenvalue weighted by Crippen LogP contribution is -2.49. The SMILES string of the molecule is CC1(C)C2CC=C(C3(CCN)CC3)C1C2. The smallest absolute Gasteiger partial charge is 0.00689 e. The van der Waals surface area contributed by atoms with Crippen molar-refractivity contribution in [1.82, 2.24) is 0 Å². The second-order valence-electron chi connectivity index (χ2n) is 6.52. The van der Waals surface area contributed by atoms with Crippen molar-refractivity contribution in [3.8, 4) is 0 Å². The summed E-state index contributed by atoms with van der Waals surface area (Å²) in [4.78, 5) is 0. The molecule has 0 aromatic heterocycles. The lowest BCUT2D eigenvalue weighted by Gasteiger charge is -2.58. The van der Waals surface area contributed by atoms with Crippen molar-refractivity contribution in [2.24, 2.45) is 28.4 Å². The van der Waals surface area contributed by atoms with Gasteiger partial charge in [0, 0.05) is 0 Å². The zero-order valence-electron chi connectivity index (χ0n) is 10.1. The highest BCUT2D eigenvalue weighted by atomic mass is 14.6. The predicted octanol–water partition coefficient (Wildman–Crippen LogP) is 3.11. The molecule has 2 unspecified atom stereocenters. The largest absolute Gasteiger partial charge is 0.330 e. The molecule has 2 saturated carbocycles. The number of rotatable bonds is 3. The van der Waals surface area contributed by atoms with E-state index in [4.69, 9.17) is 5.73 Å². The second-order valence-corrected chi connectivity index (χ2v) is 6.52. The topological polar surface area (TPSA) is 26.0 Å². The van der Waals surface area contributed by atoms with E-state index in [2.05, 4.69) is 19.9 Å². The van der Waals surface area contributed by atoms with E-state index in [1.807, 2.05) is 0 Å². The van der Waals surface area contributed by atoms with Gasteiger partial charge in [0.05, 0.1) is 0 Å². The molecule has 0 aromatic rings. The molecule has 0 saturated heterocycles. The molecule has 2 fully saturated rings. The Balaban J connectivity index is 1.86. The third-order valence-electron chi connectivity index (χ3n) is 5.56. The summed E-state index contributed by atoms with van der Waals surface area (Å²) in [6, 6.07) is 0. The molecule has 15 heavy (non-hydrogen) atoms. The van der Waals surface area contributed by atoms with E-state index in [9.17, 15) is 0 Å². The maximum Gasteiger partial charge on any atom is -0.00689 e. The van der Waals surface area contributed by atoms with Crippen LogP contribution in [0.15, 0.2) is 11.6 Å². The third-order valence-corrected chi connectivity index (χ3v) is 5.56. The number of nitrogens with two attached hydrogens (primary N) is 1. The fourth-order valence-electron chi connectivity index (χ4n) is 4.05. The summed E-state index contributed by atoms with van der Waals surface area (Å²) >= 11 is 0. The molecule has 1 heteroatoms. The van der Waals surface area contributed by atoms with E-state index in [0.29, 0.717) is 10.8 Å². The van der Waals surface area contributed by atoms with Crippen LogP contribution in [-0.4, -0.2) is 6.54 Å². The van der Waals surface area contributed by atoms with Gasteiger partial charge in [0.15, 0.2) is 0 Å². The van der Waals surface area contributed by atoms with Crippen LogP contribution in [0.1, 0.15) is 46.0 Å². The standard InChI is InChI=1S/C14H23N/c1-13(2)10-3-4-11(12(13)9-10)14(5-6-14)7-8-15/h4,10,12H,3,5-9,15H2,1-2H3. The Hall–Kier alpha value is -0.300. The Morgan fingerprint density at radius 2 is 2.13 bits per heavy atom. The Bertz CT molecular complexity index is 309. The fraction of sp³-hybridized carbons (Fsp3) is 0.857. The van der Waals surface area contributed by atoms with Crippen LogP contribution in [0.3, 0.4) is 0 Å². The van der Waals surface area contributed by atoms with Gasteiger partial charge in [-0.05, 0) is 61.3 Å². The highest BCUT2D eigenvalue weighted by molar-refractivity contribution is 5.33. The molecule has 0 heterocycles. The van der Waals surface area contributed by atoms with Gasteiger partial charge >= 0.3 is 0 Å². The molecule has 4 aliphatic carbocycles. The second kappa shape index (κ2) is 2.88. The number of hydrogen-bond donors (Lipinski definition) is 1.